The van der Waals surface area contributed by atoms with Gasteiger partial charge in [0.25, 0.3) is 5.91 Å². The van der Waals surface area contributed by atoms with Crippen LogP contribution in [0.4, 0.5) is 11.4 Å². The highest BCUT2D eigenvalue weighted by Crippen LogP contribution is 2.23. The Morgan fingerprint density at radius 3 is 2.67 bits per heavy atom. The number of para-hydroxylation sites is 2. The van der Waals surface area contributed by atoms with Crippen molar-refractivity contribution in [2.24, 2.45) is 0 Å². The fraction of sp³-hybridized carbons (Fsp3) is 0.300. The summed E-state index contributed by atoms with van der Waals surface area (Å²) >= 11 is 0. The lowest BCUT2D eigenvalue weighted by atomic mass is 10.2. The first kappa shape index (κ1) is 20.3. The van der Waals surface area contributed by atoms with Crippen LogP contribution in [0.15, 0.2) is 48.5 Å². The molecule has 0 radical (unpaired) electrons. The van der Waals surface area contributed by atoms with E-state index >= 15 is 0 Å². The largest absolute Gasteiger partial charge is 0.492 e. The van der Waals surface area contributed by atoms with Crippen molar-refractivity contribution in [3.05, 3.63) is 54.1 Å². The van der Waals surface area contributed by atoms with E-state index in [1.54, 1.807) is 43.5 Å². The summed E-state index contributed by atoms with van der Waals surface area (Å²) in [4.78, 5) is 24.3. The van der Waals surface area contributed by atoms with E-state index in [4.69, 9.17) is 9.47 Å². The predicted molar refractivity (Wildman–Crippen MR) is 105 cm³/mol. The Morgan fingerprint density at radius 2 is 1.89 bits per heavy atom. The number of benzene rings is 2. The summed E-state index contributed by atoms with van der Waals surface area (Å²) in [6.45, 7) is 3.36. The van der Waals surface area contributed by atoms with Crippen LogP contribution in [0.5, 0.6) is 5.75 Å². The monoisotopic (exact) mass is 371 g/mol. The second kappa shape index (κ2) is 10.8. The highest BCUT2D eigenvalue weighted by Gasteiger charge is 2.09. The van der Waals surface area contributed by atoms with Gasteiger partial charge in [-0.05, 0) is 37.3 Å². The van der Waals surface area contributed by atoms with Crippen LogP contribution < -0.4 is 20.7 Å². The van der Waals surface area contributed by atoms with Gasteiger partial charge in [0.05, 0.1) is 25.4 Å². The molecule has 144 valence electrons. The Kier molecular flexibility index (Phi) is 8.12. The molecule has 0 saturated carbocycles. The minimum Gasteiger partial charge on any atom is -0.492 e. The van der Waals surface area contributed by atoms with Crippen molar-refractivity contribution in [1.29, 1.82) is 0 Å². The summed E-state index contributed by atoms with van der Waals surface area (Å²) in [7, 11) is 1.58. The number of methoxy groups -OCH3 is 1. The minimum absolute atomic E-state index is 0.0647. The average molecular weight is 371 g/mol. The molecule has 0 aliphatic rings. The zero-order chi connectivity index (χ0) is 19.5. The maximum Gasteiger partial charge on any atom is 0.251 e. The maximum atomic E-state index is 12.2. The molecule has 0 saturated heterocycles. The van der Waals surface area contributed by atoms with E-state index in [9.17, 15) is 9.59 Å². The highest BCUT2D eigenvalue weighted by atomic mass is 16.5. The molecule has 0 bridgehead atoms. The first-order valence-electron chi connectivity index (χ1n) is 8.76. The third-order valence-electron chi connectivity index (χ3n) is 3.63. The predicted octanol–water partition coefficient (Wildman–Crippen LogP) is 2.51. The minimum atomic E-state index is -0.211. The van der Waals surface area contributed by atoms with Gasteiger partial charge in [0.1, 0.15) is 5.75 Å². The van der Waals surface area contributed by atoms with E-state index in [0.29, 0.717) is 42.4 Å². The lowest BCUT2D eigenvalue weighted by Crippen LogP contribution is -2.27. The van der Waals surface area contributed by atoms with Crippen LogP contribution in [0.3, 0.4) is 0 Å². The zero-order valence-corrected chi connectivity index (χ0v) is 15.6. The Hall–Kier alpha value is -3.06. The molecule has 2 amide bonds. The van der Waals surface area contributed by atoms with E-state index in [1.165, 1.54) is 0 Å². The quantitative estimate of drug-likeness (QED) is 0.559. The molecular formula is C20H25N3O4. The van der Waals surface area contributed by atoms with Crippen LogP contribution in [0.2, 0.25) is 0 Å². The van der Waals surface area contributed by atoms with Crippen LogP contribution in [-0.4, -0.2) is 45.2 Å². The molecule has 0 aromatic heterocycles. The van der Waals surface area contributed by atoms with E-state index in [0.717, 1.165) is 0 Å². The summed E-state index contributed by atoms with van der Waals surface area (Å²) in [6.07, 6.45) is 0. The smallest absolute Gasteiger partial charge is 0.251 e. The number of anilines is 2. The summed E-state index contributed by atoms with van der Waals surface area (Å²) < 4.78 is 10.4. The molecule has 0 heterocycles. The van der Waals surface area contributed by atoms with E-state index < -0.39 is 0 Å². The molecular weight excluding hydrogens is 346 g/mol. The molecule has 3 N–H and O–H groups in total. The fourth-order valence-electron chi connectivity index (χ4n) is 2.37. The first-order valence-corrected chi connectivity index (χ1v) is 8.76. The molecule has 7 heteroatoms. The second-order valence-corrected chi connectivity index (χ2v) is 5.66. The average Bonchev–Trinajstić information content (AvgIpc) is 2.68. The third kappa shape index (κ3) is 6.63. The summed E-state index contributed by atoms with van der Waals surface area (Å²) in [6, 6.07) is 14.2. The van der Waals surface area contributed by atoms with Gasteiger partial charge < -0.3 is 25.4 Å². The van der Waals surface area contributed by atoms with Crippen LogP contribution in [-0.2, 0) is 9.53 Å². The summed E-state index contributed by atoms with van der Waals surface area (Å²) in [5.74, 6) is 0.228. The molecule has 0 unspecified atom stereocenters. The molecule has 2 aromatic carbocycles. The number of nitrogens with one attached hydrogen (secondary N) is 3. The Labute approximate surface area is 159 Å². The van der Waals surface area contributed by atoms with Crippen molar-refractivity contribution in [3.8, 4) is 5.75 Å². The van der Waals surface area contributed by atoms with E-state index in [2.05, 4.69) is 16.0 Å². The molecule has 7 nitrogen and oxygen atoms in total. The highest BCUT2D eigenvalue weighted by molar-refractivity contribution is 5.96. The Balaban J connectivity index is 1.90. The van der Waals surface area contributed by atoms with Gasteiger partial charge in [-0.15, -0.1) is 0 Å². The molecule has 2 aromatic rings. The third-order valence-corrected chi connectivity index (χ3v) is 3.63. The van der Waals surface area contributed by atoms with Gasteiger partial charge in [-0.2, -0.15) is 0 Å². The van der Waals surface area contributed by atoms with Gasteiger partial charge in [0, 0.05) is 24.9 Å². The Morgan fingerprint density at radius 1 is 1.07 bits per heavy atom. The van der Waals surface area contributed by atoms with Crippen molar-refractivity contribution in [2.45, 2.75) is 6.92 Å². The van der Waals surface area contributed by atoms with Crippen molar-refractivity contribution >= 4 is 23.2 Å². The molecule has 0 aliphatic carbocycles. The van der Waals surface area contributed by atoms with Crippen LogP contribution in [0.25, 0.3) is 0 Å². The number of hydrogen-bond acceptors (Lipinski definition) is 5. The molecule has 2 rings (SSSR count). The second-order valence-electron chi connectivity index (χ2n) is 5.66. The number of carbonyl (C=O) groups excluding carboxylic acids is 2. The standard InChI is InChI=1S/C20H25N3O4/c1-3-27-18-10-5-4-9-17(18)23-19(24)14-22-16-8-6-7-15(13-16)20(25)21-11-12-26-2/h4-10,13,22H,3,11-12,14H2,1-2H3,(H,21,25)(H,23,24). The normalized spacial score (nSPS) is 10.1. The maximum absolute atomic E-state index is 12.2. The fourth-order valence-corrected chi connectivity index (χ4v) is 2.37. The van der Waals surface area contributed by atoms with Crippen LogP contribution >= 0.6 is 0 Å². The SMILES string of the molecule is CCOc1ccccc1NC(=O)CNc1cccc(C(=O)NCCOC)c1. The van der Waals surface area contributed by atoms with Gasteiger partial charge in [-0.3, -0.25) is 9.59 Å². The molecule has 0 fully saturated rings. The first-order chi connectivity index (χ1) is 13.1. The lowest BCUT2D eigenvalue weighted by molar-refractivity contribution is -0.114. The van der Waals surface area contributed by atoms with E-state index in [1.807, 2.05) is 19.1 Å². The summed E-state index contributed by atoms with van der Waals surface area (Å²) in [5.41, 5.74) is 1.82. The number of ether oxygens (including phenoxy) is 2. The lowest BCUT2D eigenvalue weighted by Gasteiger charge is -2.12. The number of hydrogen-bond donors (Lipinski definition) is 3. The van der Waals surface area contributed by atoms with Crippen LogP contribution in [0, 0.1) is 0 Å². The number of rotatable bonds is 10. The molecule has 0 aliphatic heterocycles. The molecule has 0 atom stereocenters. The molecule has 0 spiro atoms. The van der Waals surface area contributed by atoms with Crippen molar-refractivity contribution in [3.63, 3.8) is 0 Å². The number of carbonyl (C=O) groups is 2. The van der Waals surface area contributed by atoms with Gasteiger partial charge in [-0.1, -0.05) is 18.2 Å². The number of amides is 2. The van der Waals surface area contributed by atoms with Crippen molar-refractivity contribution in [1.82, 2.24) is 5.32 Å². The molecule has 27 heavy (non-hydrogen) atoms. The van der Waals surface area contributed by atoms with Gasteiger partial charge >= 0.3 is 0 Å². The Bertz CT molecular complexity index is 764. The van der Waals surface area contributed by atoms with Gasteiger partial charge in [-0.25, -0.2) is 0 Å². The van der Waals surface area contributed by atoms with Crippen molar-refractivity contribution < 1.29 is 19.1 Å². The topological polar surface area (TPSA) is 88.7 Å². The van der Waals surface area contributed by atoms with Gasteiger partial charge in [0.2, 0.25) is 5.91 Å². The summed E-state index contributed by atoms with van der Waals surface area (Å²) in [5, 5.41) is 8.60. The van der Waals surface area contributed by atoms with Crippen molar-refractivity contribution in [2.75, 3.05) is 44.0 Å². The van der Waals surface area contributed by atoms with Gasteiger partial charge in [0.15, 0.2) is 0 Å². The van der Waals surface area contributed by atoms with E-state index in [-0.39, 0.29) is 18.4 Å². The van der Waals surface area contributed by atoms with Crippen LogP contribution in [0.1, 0.15) is 17.3 Å². The zero-order valence-electron chi connectivity index (χ0n) is 15.6.